The van der Waals surface area contributed by atoms with E-state index in [2.05, 4.69) is 39.3 Å². The first-order valence-corrected chi connectivity index (χ1v) is 6.94. The predicted octanol–water partition coefficient (Wildman–Crippen LogP) is 2.29. The number of nitrogens with zero attached hydrogens (tertiary/aromatic N) is 2. The van der Waals surface area contributed by atoms with Crippen LogP contribution < -0.4 is 5.32 Å². The van der Waals surface area contributed by atoms with Gasteiger partial charge in [0, 0.05) is 31.3 Å². The molecule has 1 N–H and O–H groups in total. The van der Waals surface area contributed by atoms with Gasteiger partial charge in [0.2, 0.25) is 0 Å². The maximum Gasteiger partial charge on any atom is 0.0954 e. The van der Waals surface area contributed by atoms with Gasteiger partial charge in [-0.05, 0) is 18.4 Å². The van der Waals surface area contributed by atoms with Crippen molar-refractivity contribution in [1.82, 2.24) is 14.9 Å². The molecule has 2 aromatic heterocycles. The summed E-state index contributed by atoms with van der Waals surface area (Å²) >= 11 is 1.78. The molecule has 0 aliphatic carbocycles. The summed E-state index contributed by atoms with van der Waals surface area (Å²) in [6.45, 7) is 4.61. The van der Waals surface area contributed by atoms with Crippen molar-refractivity contribution >= 4 is 11.3 Å². The minimum Gasteiger partial charge on any atom is -0.383 e. The molecule has 0 saturated carbocycles. The van der Waals surface area contributed by atoms with Crippen LogP contribution >= 0.6 is 11.3 Å². The summed E-state index contributed by atoms with van der Waals surface area (Å²) in [5.74, 6) is 0. The van der Waals surface area contributed by atoms with Crippen molar-refractivity contribution in [1.29, 1.82) is 0 Å². The van der Waals surface area contributed by atoms with Crippen LogP contribution in [0, 0.1) is 0 Å². The van der Waals surface area contributed by atoms with Gasteiger partial charge in [-0.25, -0.2) is 4.98 Å². The number of rotatable bonds is 7. The summed E-state index contributed by atoms with van der Waals surface area (Å²) in [7, 11) is 1.71. The van der Waals surface area contributed by atoms with Crippen LogP contribution in [-0.2, 0) is 11.3 Å². The zero-order valence-electron chi connectivity index (χ0n) is 10.8. The normalized spacial score (nSPS) is 12.8. The van der Waals surface area contributed by atoms with Crippen molar-refractivity contribution in [3.05, 3.63) is 40.6 Å². The maximum absolute atomic E-state index is 5.01. The lowest BCUT2D eigenvalue weighted by Gasteiger charge is -2.15. The molecule has 5 heteroatoms. The van der Waals surface area contributed by atoms with Gasteiger partial charge in [0.15, 0.2) is 0 Å². The van der Waals surface area contributed by atoms with Crippen LogP contribution in [0.5, 0.6) is 0 Å². The Morgan fingerprint density at radius 3 is 3.17 bits per heavy atom. The van der Waals surface area contributed by atoms with Crippen molar-refractivity contribution in [3.8, 4) is 0 Å². The van der Waals surface area contributed by atoms with Crippen molar-refractivity contribution < 1.29 is 4.74 Å². The third kappa shape index (κ3) is 3.19. The Morgan fingerprint density at radius 2 is 2.44 bits per heavy atom. The Hall–Kier alpha value is -1.17. The van der Waals surface area contributed by atoms with Gasteiger partial charge in [-0.15, -0.1) is 11.3 Å². The van der Waals surface area contributed by atoms with Crippen LogP contribution in [-0.4, -0.2) is 29.8 Å². The first-order valence-electron chi connectivity index (χ1n) is 6.06. The molecule has 0 amide bonds. The summed E-state index contributed by atoms with van der Waals surface area (Å²) in [5.41, 5.74) is 1.20. The standard InChI is InChI=1S/C13H19N3OS/c1-11(13-4-3-7-18-13)16-10-15-9-12(16)8-14-5-6-17-2/h3-4,7,9-11,14H,5-6,8H2,1-2H3. The van der Waals surface area contributed by atoms with Crippen LogP contribution in [0.4, 0.5) is 0 Å². The van der Waals surface area contributed by atoms with E-state index in [1.165, 1.54) is 10.6 Å². The van der Waals surface area contributed by atoms with Gasteiger partial charge in [-0.1, -0.05) is 6.07 Å². The first-order chi connectivity index (χ1) is 8.83. The number of aromatic nitrogens is 2. The second-order valence-electron chi connectivity index (χ2n) is 4.15. The van der Waals surface area contributed by atoms with Gasteiger partial charge < -0.3 is 14.6 Å². The fourth-order valence-corrected chi connectivity index (χ4v) is 2.66. The van der Waals surface area contributed by atoms with Gasteiger partial charge >= 0.3 is 0 Å². The molecule has 0 aliphatic rings. The first kappa shape index (κ1) is 13.3. The molecule has 1 atom stereocenters. The second kappa shape index (κ2) is 6.68. The smallest absolute Gasteiger partial charge is 0.0954 e. The van der Waals surface area contributed by atoms with Gasteiger partial charge in [0.05, 0.1) is 24.7 Å². The lowest BCUT2D eigenvalue weighted by molar-refractivity contribution is 0.199. The fourth-order valence-electron chi connectivity index (χ4n) is 1.87. The highest BCUT2D eigenvalue weighted by Crippen LogP contribution is 2.23. The molecule has 0 bridgehead atoms. The van der Waals surface area contributed by atoms with E-state index >= 15 is 0 Å². The van der Waals surface area contributed by atoms with Crippen molar-refractivity contribution in [3.63, 3.8) is 0 Å². The van der Waals surface area contributed by atoms with Crippen LogP contribution in [0.3, 0.4) is 0 Å². The van der Waals surface area contributed by atoms with E-state index in [-0.39, 0.29) is 0 Å². The molecule has 4 nitrogen and oxygen atoms in total. The summed E-state index contributed by atoms with van der Waals surface area (Å²) < 4.78 is 7.23. The van der Waals surface area contributed by atoms with Crippen LogP contribution in [0.25, 0.3) is 0 Å². The van der Waals surface area contributed by atoms with Crippen molar-refractivity contribution in [2.24, 2.45) is 0 Å². The highest BCUT2D eigenvalue weighted by atomic mass is 32.1. The van der Waals surface area contributed by atoms with E-state index in [1.54, 1.807) is 18.4 Å². The number of thiophene rings is 1. The van der Waals surface area contributed by atoms with E-state index < -0.39 is 0 Å². The lowest BCUT2D eigenvalue weighted by Crippen LogP contribution is -2.21. The number of ether oxygens (including phenoxy) is 1. The average Bonchev–Trinajstić information content (AvgIpc) is 3.04. The zero-order chi connectivity index (χ0) is 12.8. The molecule has 2 rings (SSSR count). The molecule has 0 aliphatic heterocycles. The van der Waals surface area contributed by atoms with Crippen molar-refractivity contribution in [2.45, 2.75) is 19.5 Å². The molecular weight excluding hydrogens is 246 g/mol. The summed E-state index contributed by atoms with van der Waals surface area (Å²) in [5, 5.41) is 5.46. The van der Waals surface area contributed by atoms with Gasteiger partial charge in [0.25, 0.3) is 0 Å². The second-order valence-corrected chi connectivity index (χ2v) is 5.13. The Balaban J connectivity index is 1.99. The van der Waals surface area contributed by atoms with E-state index in [9.17, 15) is 0 Å². The molecule has 0 spiro atoms. The number of nitrogens with one attached hydrogen (secondary N) is 1. The van der Waals surface area contributed by atoms with E-state index in [4.69, 9.17) is 4.74 Å². The molecule has 0 radical (unpaired) electrons. The molecule has 98 valence electrons. The van der Waals surface area contributed by atoms with Crippen LogP contribution in [0.2, 0.25) is 0 Å². The Bertz CT molecular complexity index is 453. The Morgan fingerprint density at radius 1 is 1.56 bits per heavy atom. The SMILES string of the molecule is COCCNCc1cncn1C(C)c1cccs1. The van der Waals surface area contributed by atoms with Crippen LogP contribution in [0.15, 0.2) is 30.0 Å². The number of hydrogen-bond acceptors (Lipinski definition) is 4. The topological polar surface area (TPSA) is 39.1 Å². The number of imidazole rings is 1. The molecule has 0 saturated heterocycles. The summed E-state index contributed by atoms with van der Waals surface area (Å²) in [4.78, 5) is 5.60. The molecule has 0 fully saturated rings. The Kier molecular flexibility index (Phi) is 4.92. The van der Waals surface area contributed by atoms with E-state index in [0.717, 1.165) is 19.7 Å². The minimum absolute atomic E-state index is 0.340. The zero-order valence-corrected chi connectivity index (χ0v) is 11.6. The summed E-state index contributed by atoms with van der Waals surface area (Å²) in [6, 6.07) is 4.59. The third-order valence-corrected chi connectivity index (χ3v) is 3.95. The highest BCUT2D eigenvalue weighted by Gasteiger charge is 2.11. The van der Waals surface area contributed by atoms with E-state index in [1.807, 2.05) is 12.5 Å². The highest BCUT2D eigenvalue weighted by molar-refractivity contribution is 7.10. The molecule has 18 heavy (non-hydrogen) atoms. The van der Waals surface area contributed by atoms with Gasteiger partial charge in [-0.3, -0.25) is 0 Å². The monoisotopic (exact) mass is 265 g/mol. The molecule has 0 aromatic carbocycles. The van der Waals surface area contributed by atoms with Gasteiger partial charge in [0.1, 0.15) is 0 Å². The predicted molar refractivity (Wildman–Crippen MR) is 73.9 cm³/mol. The maximum atomic E-state index is 5.01. The number of hydrogen-bond donors (Lipinski definition) is 1. The third-order valence-electron chi connectivity index (χ3n) is 2.91. The fraction of sp³-hybridized carbons (Fsp3) is 0.462. The van der Waals surface area contributed by atoms with E-state index in [0.29, 0.717) is 6.04 Å². The Labute approximate surface area is 112 Å². The largest absolute Gasteiger partial charge is 0.383 e. The molecular formula is C13H19N3OS. The molecule has 2 aromatic rings. The quantitative estimate of drug-likeness (QED) is 0.781. The lowest BCUT2D eigenvalue weighted by atomic mass is 10.2. The van der Waals surface area contributed by atoms with Crippen molar-refractivity contribution in [2.75, 3.05) is 20.3 Å². The average molecular weight is 265 g/mol. The van der Waals surface area contributed by atoms with Gasteiger partial charge in [-0.2, -0.15) is 0 Å². The number of methoxy groups -OCH3 is 1. The minimum atomic E-state index is 0.340. The molecule has 2 heterocycles. The van der Waals surface area contributed by atoms with Crippen LogP contribution in [0.1, 0.15) is 23.5 Å². The summed E-state index contributed by atoms with van der Waals surface area (Å²) in [6.07, 6.45) is 3.82. The molecule has 1 unspecified atom stereocenters.